The third kappa shape index (κ3) is 14.9. The number of cyclic esters (lactones) is 1. The SMILES string of the molecule is CCCCCCCCCCCCOCC1CC=CCCCC(C)C(O)C(C)C(=O)C(C)(C)/C=C/C(=O)O1. The molecule has 0 radical (unpaired) electrons. The number of carbonyl (C=O) groups excluding carboxylic acids is 2. The second-order valence-corrected chi connectivity index (χ2v) is 11.6. The lowest BCUT2D eigenvalue weighted by atomic mass is 9.76. The topological polar surface area (TPSA) is 72.8 Å². The van der Waals surface area contributed by atoms with E-state index in [0.717, 1.165) is 25.7 Å². The van der Waals surface area contributed by atoms with Crippen LogP contribution in [-0.4, -0.2) is 42.3 Å². The minimum absolute atomic E-state index is 0.0388. The lowest BCUT2D eigenvalue weighted by molar-refractivity contribution is -0.145. The number of unbranched alkanes of at least 4 members (excludes halogenated alkanes) is 9. The first-order valence-electron chi connectivity index (χ1n) is 15.0. The average Bonchev–Trinajstić information content (AvgIpc) is 2.87. The van der Waals surface area contributed by atoms with Gasteiger partial charge in [0.25, 0.3) is 0 Å². The van der Waals surface area contributed by atoms with Crippen molar-refractivity contribution in [1.29, 1.82) is 0 Å². The zero-order chi connectivity index (χ0) is 27.5. The number of rotatable bonds is 13. The Hall–Kier alpha value is -1.46. The molecule has 0 aromatic heterocycles. The maximum absolute atomic E-state index is 13.0. The number of hydrogen-bond acceptors (Lipinski definition) is 5. The molecule has 0 aromatic carbocycles. The van der Waals surface area contributed by atoms with E-state index in [4.69, 9.17) is 9.47 Å². The quantitative estimate of drug-likeness (QED) is 0.153. The minimum Gasteiger partial charge on any atom is -0.456 e. The molecule has 0 aliphatic carbocycles. The van der Waals surface area contributed by atoms with Crippen LogP contribution in [0.25, 0.3) is 0 Å². The van der Waals surface area contributed by atoms with E-state index in [0.29, 0.717) is 19.6 Å². The number of ether oxygens (including phenoxy) is 2. The maximum Gasteiger partial charge on any atom is 0.330 e. The number of aliphatic hydroxyl groups is 1. The number of esters is 1. The first-order chi connectivity index (χ1) is 17.7. The number of aliphatic hydroxyl groups excluding tert-OH is 1. The maximum atomic E-state index is 13.0. The van der Waals surface area contributed by atoms with Crippen molar-refractivity contribution in [2.75, 3.05) is 13.2 Å². The molecule has 4 atom stereocenters. The largest absolute Gasteiger partial charge is 0.456 e. The summed E-state index contributed by atoms with van der Waals surface area (Å²) < 4.78 is 11.6. The summed E-state index contributed by atoms with van der Waals surface area (Å²) >= 11 is 0. The molecule has 5 nitrogen and oxygen atoms in total. The van der Waals surface area contributed by atoms with E-state index < -0.39 is 23.4 Å². The van der Waals surface area contributed by atoms with Gasteiger partial charge in [-0.1, -0.05) is 96.8 Å². The van der Waals surface area contributed by atoms with E-state index in [1.807, 2.05) is 6.92 Å². The number of hydrogen-bond donors (Lipinski definition) is 1. The van der Waals surface area contributed by atoms with Crippen LogP contribution in [0.2, 0.25) is 0 Å². The van der Waals surface area contributed by atoms with Crippen molar-refractivity contribution < 1.29 is 24.2 Å². The summed E-state index contributed by atoms with van der Waals surface area (Å²) in [6.07, 6.45) is 22.3. The fraction of sp³-hybridized carbons (Fsp3) is 0.812. The van der Waals surface area contributed by atoms with Crippen LogP contribution < -0.4 is 0 Å². The second-order valence-electron chi connectivity index (χ2n) is 11.6. The lowest BCUT2D eigenvalue weighted by Crippen LogP contribution is -2.38. The normalized spacial score (nSPS) is 26.6. The first-order valence-corrected chi connectivity index (χ1v) is 15.0. The molecule has 0 fully saturated rings. The van der Waals surface area contributed by atoms with Gasteiger partial charge in [-0.25, -0.2) is 4.79 Å². The molecule has 1 N–H and O–H groups in total. The Labute approximate surface area is 227 Å². The van der Waals surface area contributed by atoms with Gasteiger partial charge in [-0.05, 0) is 45.4 Å². The number of carbonyl (C=O) groups is 2. The predicted octanol–water partition coefficient (Wildman–Crippen LogP) is 7.75. The van der Waals surface area contributed by atoms with Crippen LogP contribution in [0.5, 0.6) is 0 Å². The number of allylic oxidation sites excluding steroid dienone is 2. The van der Waals surface area contributed by atoms with Gasteiger partial charge < -0.3 is 14.6 Å². The van der Waals surface area contributed by atoms with Crippen molar-refractivity contribution >= 4 is 11.8 Å². The molecule has 37 heavy (non-hydrogen) atoms. The van der Waals surface area contributed by atoms with Crippen molar-refractivity contribution in [1.82, 2.24) is 0 Å². The average molecular weight is 521 g/mol. The van der Waals surface area contributed by atoms with Crippen molar-refractivity contribution in [2.45, 2.75) is 137 Å². The molecule has 214 valence electrons. The van der Waals surface area contributed by atoms with E-state index in [-0.39, 0.29) is 17.8 Å². The third-order valence-electron chi connectivity index (χ3n) is 7.60. The monoisotopic (exact) mass is 520 g/mol. The summed E-state index contributed by atoms with van der Waals surface area (Å²) in [5, 5.41) is 10.7. The molecule has 0 spiro atoms. The zero-order valence-corrected chi connectivity index (χ0v) is 24.5. The van der Waals surface area contributed by atoms with Gasteiger partial charge in [-0.3, -0.25) is 4.79 Å². The smallest absolute Gasteiger partial charge is 0.330 e. The number of Topliss-reactive ketones (excluding diaryl/α,β-unsaturated/α-hetero) is 1. The summed E-state index contributed by atoms with van der Waals surface area (Å²) in [6.45, 7) is 10.7. The summed E-state index contributed by atoms with van der Waals surface area (Å²) in [5.41, 5.74) is -0.863. The summed E-state index contributed by atoms with van der Waals surface area (Å²) in [5.74, 6) is -0.993. The molecular formula is C32H56O5. The highest BCUT2D eigenvalue weighted by Crippen LogP contribution is 2.28. The van der Waals surface area contributed by atoms with Crippen molar-refractivity contribution in [3.05, 3.63) is 24.3 Å². The van der Waals surface area contributed by atoms with Crippen LogP contribution in [0.4, 0.5) is 0 Å². The van der Waals surface area contributed by atoms with Gasteiger partial charge in [0, 0.05) is 30.4 Å². The molecule has 1 aliphatic heterocycles. The second kappa shape index (κ2) is 19.6. The van der Waals surface area contributed by atoms with E-state index in [1.165, 1.54) is 63.9 Å². The van der Waals surface area contributed by atoms with E-state index in [1.54, 1.807) is 26.8 Å². The molecule has 5 heteroatoms. The molecular weight excluding hydrogens is 464 g/mol. The molecule has 0 amide bonds. The highest BCUT2D eigenvalue weighted by Gasteiger charge is 2.35. The molecule has 1 heterocycles. The van der Waals surface area contributed by atoms with E-state index >= 15 is 0 Å². The van der Waals surface area contributed by atoms with Gasteiger partial charge in [-0.15, -0.1) is 0 Å². The lowest BCUT2D eigenvalue weighted by Gasteiger charge is -2.29. The van der Waals surface area contributed by atoms with E-state index in [9.17, 15) is 14.7 Å². The summed E-state index contributed by atoms with van der Waals surface area (Å²) in [7, 11) is 0. The molecule has 4 unspecified atom stereocenters. The fourth-order valence-corrected chi connectivity index (χ4v) is 4.95. The molecule has 1 rings (SSSR count). The standard InChI is InChI=1S/C32H56O5/c1-6-7-8-9-10-11-12-13-16-19-24-36-25-28-21-18-15-14-17-20-26(2)30(34)27(3)31(35)32(4,5)23-22-29(33)37-28/h15,18,22-23,26-28,30,34H,6-14,16-17,19-21,24-25H2,1-5H3/b18-15?,23-22+. The molecule has 1 aliphatic rings. The molecule has 0 saturated carbocycles. The first kappa shape index (κ1) is 33.6. The predicted molar refractivity (Wildman–Crippen MR) is 152 cm³/mol. The molecule has 0 bridgehead atoms. The van der Waals surface area contributed by atoms with Crippen LogP contribution in [0.3, 0.4) is 0 Å². The van der Waals surface area contributed by atoms with Gasteiger partial charge in [0.1, 0.15) is 11.9 Å². The van der Waals surface area contributed by atoms with Gasteiger partial charge in [0.2, 0.25) is 0 Å². The van der Waals surface area contributed by atoms with Gasteiger partial charge in [0.05, 0.1) is 12.7 Å². The third-order valence-corrected chi connectivity index (χ3v) is 7.60. The van der Waals surface area contributed by atoms with Crippen LogP contribution in [0.15, 0.2) is 24.3 Å². The van der Waals surface area contributed by atoms with Crippen LogP contribution in [0.1, 0.15) is 125 Å². The van der Waals surface area contributed by atoms with Crippen LogP contribution >= 0.6 is 0 Å². The van der Waals surface area contributed by atoms with E-state index in [2.05, 4.69) is 19.1 Å². The summed E-state index contributed by atoms with van der Waals surface area (Å²) in [6, 6.07) is 0. The molecule has 0 aromatic rings. The highest BCUT2D eigenvalue weighted by molar-refractivity contribution is 5.90. The Morgan fingerprint density at radius 1 is 0.973 bits per heavy atom. The van der Waals surface area contributed by atoms with Crippen LogP contribution in [0, 0.1) is 17.3 Å². The fourth-order valence-electron chi connectivity index (χ4n) is 4.95. The Morgan fingerprint density at radius 3 is 2.24 bits per heavy atom. The Kier molecular flexibility index (Phi) is 17.8. The van der Waals surface area contributed by atoms with Gasteiger partial charge in [-0.2, -0.15) is 0 Å². The molecule has 0 saturated heterocycles. The van der Waals surface area contributed by atoms with Gasteiger partial charge in [0.15, 0.2) is 0 Å². The van der Waals surface area contributed by atoms with Crippen molar-refractivity contribution in [3.8, 4) is 0 Å². The Balaban J connectivity index is 2.52. The van der Waals surface area contributed by atoms with Crippen LogP contribution in [-0.2, 0) is 19.1 Å². The Bertz CT molecular complexity index is 681. The summed E-state index contributed by atoms with van der Waals surface area (Å²) in [4.78, 5) is 25.6. The minimum atomic E-state index is -0.863. The number of ketones is 1. The Morgan fingerprint density at radius 2 is 1.59 bits per heavy atom. The van der Waals surface area contributed by atoms with Gasteiger partial charge >= 0.3 is 5.97 Å². The highest BCUT2D eigenvalue weighted by atomic mass is 16.6. The van der Waals surface area contributed by atoms with Crippen molar-refractivity contribution in [2.24, 2.45) is 17.3 Å². The zero-order valence-electron chi connectivity index (χ0n) is 24.5. The van der Waals surface area contributed by atoms with Crippen molar-refractivity contribution in [3.63, 3.8) is 0 Å².